The number of carbonyl (C=O) groups is 2. The number of likely N-dealkylation sites (tertiary alicyclic amines) is 1. The first-order valence-electron chi connectivity index (χ1n) is 7.91. The number of rotatable bonds is 4. The molecule has 5 heteroatoms. The molecule has 4 nitrogen and oxygen atoms in total. The third kappa shape index (κ3) is 3.85. The minimum atomic E-state index is -0.302. The molecule has 1 fully saturated rings. The molecule has 0 saturated carbocycles. The number of anilines is 1. The van der Waals surface area contributed by atoms with E-state index in [0.29, 0.717) is 13.1 Å². The lowest BCUT2D eigenvalue weighted by molar-refractivity contribution is -0.128. The number of amides is 2. The molecular weight excluding hydrogens is 368 g/mol. The van der Waals surface area contributed by atoms with Gasteiger partial charge in [0.05, 0.1) is 5.92 Å². The average Bonchev–Trinajstić information content (AvgIpc) is 2.92. The summed E-state index contributed by atoms with van der Waals surface area (Å²) in [5, 5.41) is 2.95. The summed E-state index contributed by atoms with van der Waals surface area (Å²) in [6.07, 6.45) is 0.272. The molecule has 1 heterocycles. The molecule has 0 unspecified atom stereocenters. The molecule has 1 atom stereocenters. The summed E-state index contributed by atoms with van der Waals surface area (Å²) in [7, 11) is 0. The van der Waals surface area contributed by atoms with Gasteiger partial charge in [-0.05, 0) is 36.2 Å². The molecule has 1 aliphatic rings. The summed E-state index contributed by atoms with van der Waals surface area (Å²) >= 11 is 3.41. The molecule has 0 spiro atoms. The van der Waals surface area contributed by atoms with Crippen LogP contribution < -0.4 is 5.32 Å². The van der Waals surface area contributed by atoms with E-state index in [4.69, 9.17) is 0 Å². The van der Waals surface area contributed by atoms with Crippen LogP contribution in [0, 0.1) is 12.8 Å². The maximum atomic E-state index is 12.5. The Morgan fingerprint density at radius 3 is 2.71 bits per heavy atom. The van der Waals surface area contributed by atoms with Crippen LogP contribution in [0.4, 0.5) is 5.69 Å². The molecule has 24 heavy (non-hydrogen) atoms. The van der Waals surface area contributed by atoms with E-state index in [-0.39, 0.29) is 24.2 Å². The van der Waals surface area contributed by atoms with Gasteiger partial charge in [-0.25, -0.2) is 0 Å². The lowest BCUT2D eigenvalue weighted by Crippen LogP contribution is -2.28. The maximum Gasteiger partial charge on any atom is 0.229 e. The fourth-order valence-electron chi connectivity index (χ4n) is 2.91. The van der Waals surface area contributed by atoms with Gasteiger partial charge < -0.3 is 10.2 Å². The van der Waals surface area contributed by atoms with E-state index in [9.17, 15) is 9.59 Å². The van der Waals surface area contributed by atoms with Crippen molar-refractivity contribution in [2.24, 2.45) is 5.92 Å². The van der Waals surface area contributed by atoms with Gasteiger partial charge >= 0.3 is 0 Å². The molecule has 0 aromatic heterocycles. The van der Waals surface area contributed by atoms with Crippen molar-refractivity contribution in [3.05, 3.63) is 64.1 Å². The largest absolute Gasteiger partial charge is 0.338 e. The first-order valence-corrected chi connectivity index (χ1v) is 8.71. The van der Waals surface area contributed by atoms with Crippen molar-refractivity contribution in [2.75, 3.05) is 11.9 Å². The molecule has 0 aliphatic carbocycles. The van der Waals surface area contributed by atoms with Crippen LogP contribution >= 0.6 is 15.9 Å². The minimum Gasteiger partial charge on any atom is -0.338 e. The highest BCUT2D eigenvalue weighted by Gasteiger charge is 2.34. The molecule has 2 aromatic rings. The average molecular weight is 387 g/mol. The van der Waals surface area contributed by atoms with Crippen LogP contribution in [0.5, 0.6) is 0 Å². The molecule has 0 bridgehead atoms. The number of benzene rings is 2. The predicted molar refractivity (Wildman–Crippen MR) is 97.5 cm³/mol. The summed E-state index contributed by atoms with van der Waals surface area (Å²) < 4.78 is 0.975. The summed E-state index contributed by atoms with van der Waals surface area (Å²) in [6, 6.07) is 15.6. The third-order valence-electron chi connectivity index (χ3n) is 4.25. The summed E-state index contributed by atoms with van der Waals surface area (Å²) in [4.78, 5) is 26.4. The van der Waals surface area contributed by atoms with E-state index in [1.165, 1.54) is 0 Å². The van der Waals surface area contributed by atoms with Gasteiger partial charge in [0, 0.05) is 29.7 Å². The SMILES string of the molecule is Cc1cc(Br)ccc1NC(=O)[C@H]1CC(=O)N(Cc2ccccc2)C1. The molecule has 2 amide bonds. The molecule has 3 rings (SSSR count). The van der Waals surface area contributed by atoms with E-state index in [1.54, 1.807) is 4.90 Å². The summed E-state index contributed by atoms with van der Waals surface area (Å²) in [5.74, 6) is -0.361. The van der Waals surface area contributed by atoms with Crippen molar-refractivity contribution in [1.29, 1.82) is 0 Å². The van der Waals surface area contributed by atoms with Crippen molar-refractivity contribution >= 4 is 33.4 Å². The monoisotopic (exact) mass is 386 g/mol. The Kier molecular flexibility index (Phi) is 5.00. The summed E-state index contributed by atoms with van der Waals surface area (Å²) in [6.45, 7) is 2.97. The fraction of sp³-hybridized carbons (Fsp3) is 0.263. The Morgan fingerprint density at radius 2 is 2.00 bits per heavy atom. The van der Waals surface area contributed by atoms with Gasteiger partial charge in [0.15, 0.2) is 0 Å². The summed E-state index contributed by atoms with van der Waals surface area (Å²) in [5.41, 5.74) is 2.86. The molecule has 1 N–H and O–H groups in total. The molecule has 0 radical (unpaired) electrons. The maximum absolute atomic E-state index is 12.5. The zero-order valence-electron chi connectivity index (χ0n) is 13.5. The van der Waals surface area contributed by atoms with Crippen LogP contribution in [0.15, 0.2) is 53.0 Å². The first kappa shape index (κ1) is 16.7. The zero-order chi connectivity index (χ0) is 17.1. The molecular formula is C19H19BrN2O2. The second kappa shape index (κ2) is 7.18. The highest BCUT2D eigenvalue weighted by Crippen LogP contribution is 2.24. The molecule has 1 saturated heterocycles. The quantitative estimate of drug-likeness (QED) is 0.869. The number of halogens is 1. The lowest BCUT2D eigenvalue weighted by atomic mass is 10.1. The number of hydrogen-bond acceptors (Lipinski definition) is 2. The van der Waals surface area contributed by atoms with Gasteiger partial charge in [0.25, 0.3) is 0 Å². The Bertz CT molecular complexity index is 761. The Balaban J connectivity index is 1.63. The van der Waals surface area contributed by atoms with Crippen molar-refractivity contribution in [2.45, 2.75) is 19.9 Å². The Hall–Kier alpha value is -2.14. The van der Waals surface area contributed by atoms with Crippen molar-refractivity contribution in [3.8, 4) is 0 Å². The second-order valence-corrected chi connectivity index (χ2v) is 7.03. The number of carbonyl (C=O) groups excluding carboxylic acids is 2. The smallest absolute Gasteiger partial charge is 0.229 e. The number of nitrogens with zero attached hydrogens (tertiary/aromatic N) is 1. The number of nitrogens with one attached hydrogen (secondary N) is 1. The van der Waals surface area contributed by atoms with Gasteiger partial charge in [0.2, 0.25) is 11.8 Å². The van der Waals surface area contributed by atoms with E-state index >= 15 is 0 Å². The van der Waals surface area contributed by atoms with Gasteiger partial charge in [-0.15, -0.1) is 0 Å². The van der Waals surface area contributed by atoms with Crippen LogP contribution in [0.3, 0.4) is 0 Å². The first-order chi connectivity index (χ1) is 11.5. The minimum absolute atomic E-state index is 0.0338. The van der Waals surface area contributed by atoms with Crippen molar-refractivity contribution < 1.29 is 9.59 Å². The zero-order valence-corrected chi connectivity index (χ0v) is 15.0. The van der Waals surface area contributed by atoms with Gasteiger partial charge in [-0.1, -0.05) is 46.3 Å². The fourth-order valence-corrected chi connectivity index (χ4v) is 3.38. The lowest BCUT2D eigenvalue weighted by Gasteiger charge is -2.17. The van der Waals surface area contributed by atoms with Gasteiger partial charge in [-0.2, -0.15) is 0 Å². The van der Waals surface area contributed by atoms with E-state index < -0.39 is 0 Å². The van der Waals surface area contributed by atoms with E-state index in [1.807, 2.05) is 55.5 Å². The van der Waals surface area contributed by atoms with Gasteiger partial charge in [0.1, 0.15) is 0 Å². The third-order valence-corrected chi connectivity index (χ3v) is 4.74. The highest BCUT2D eigenvalue weighted by molar-refractivity contribution is 9.10. The van der Waals surface area contributed by atoms with Crippen LogP contribution in [-0.2, 0) is 16.1 Å². The van der Waals surface area contributed by atoms with E-state index in [0.717, 1.165) is 21.3 Å². The second-order valence-electron chi connectivity index (χ2n) is 6.11. The van der Waals surface area contributed by atoms with Crippen LogP contribution in [0.25, 0.3) is 0 Å². The number of aryl methyl sites for hydroxylation is 1. The highest BCUT2D eigenvalue weighted by atomic mass is 79.9. The van der Waals surface area contributed by atoms with Crippen LogP contribution in [-0.4, -0.2) is 23.3 Å². The molecule has 124 valence electrons. The van der Waals surface area contributed by atoms with Crippen molar-refractivity contribution in [1.82, 2.24) is 4.90 Å². The topological polar surface area (TPSA) is 49.4 Å². The van der Waals surface area contributed by atoms with Gasteiger partial charge in [-0.3, -0.25) is 9.59 Å². The Labute approximate surface area is 150 Å². The van der Waals surface area contributed by atoms with Crippen LogP contribution in [0.1, 0.15) is 17.5 Å². The van der Waals surface area contributed by atoms with Crippen molar-refractivity contribution in [3.63, 3.8) is 0 Å². The standard InChI is InChI=1S/C19H19BrN2O2/c1-13-9-16(20)7-8-17(13)21-19(24)15-10-18(23)22(12-15)11-14-5-3-2-4-6-14/h2-9,15H,10-12H2,1H3,(H,21,24)/t15-/m0/s1. The number of hydrogen-bond donors (Lipinski definition) is 1. The normalized spacial score (nSPS) is 17.2. The molecule has 1 aliphatic heterocycles. The van der Waals surface area contributed by atoms with E-state index in [2.05, 4.69) is 21.2 Å². The predicted octanol–water partition coefficient (Wildman–Crippen LogP) is 3.74. The molecule has 2 aromatic carbocycles. The Morgan fingerprint density at radius 1 is 1.25 bits per heavy atom. The van der Waals surface area contributed by atoms with Crippen LogP contribution in [0.2, 0.25) is 0 Å².